The fourth-order valence-electron chi connectivity index (χ4n) is 1.67. The highest BCUT2D eigenvalue weighted by molar-refractivity contribution is 5.59. The van der Waals surface area contributed by atoms with Crippen molar-refractivity contribution in [3.8, 4) is 0 Å². The number of pyridine rings is 1. The Labute approximate surface area is 101 Å². The summed E-state index contributed by atoms with van der Waals surface area (Å²) in [4.78, 5) is 5.71. The number of nitrogens with zero attached hydrogens (tertiary/aromatic N) is 2. The second-order valence-electron chi connectivity index (χ2n) is 3.90. The molecule has 1 aromatic carbocycles. The lowest BCUT2D eigenvalue weighted by molar-refractivity contribution is 0.584. The average Bonchev–Trinajstić information content (AvgIpc) is 2.38. The van der Waals surface area contributed by atoms with Gasteiger partial charge in [0.25, 0.3) is 0 Å². The number of benzene rings is 1. The molecular formula is C14H15FN2. The lowest BCUT2D eigenvalue weighted by Crippen LogP contribution is -2.11. The van der Waals surface area contributed by atoms with Crippen molar-refractivity contribution in [2.75, 3.05) is 11.9 Å². The lowest BCUT2D eigenvalue weighted by Gasteiger charge is -2.18. The molecule has 0 fully saturated rings. The summed E-state index contributed by atoms with van der Waals surface area (Å²) in [5.74, 6) is 0.147. The Balaban J connectivity index is 2.27. The molecule has 2 rings (SSSR count). The van der Waals surface area contributed by atoms with Crippen LogP contribution in [-0.2, 0) is 6.42 Å². The second-order valence-corrected chi connectivity index (χ2v) is 3.90. The van der Waals surface area contributed by atoms with Crippen LogP contribution >= 0.6 is 0 Å². The third-order valence-electron chi connectivity index (χ3n) is 2.78. The van der Waals surface area contributed by atoms with Gasteiger partial charge in [-0.25, -0.2) is 4.98 Å². The molecule has 0 amide bonds. The molecule has 1 heterocycles. The van der Waals surface area contributed by atoms with Gasteiger partial charge in [0.2, 0.25) is 5.95 Å². The van der Waals surface area contributed by atoms with E-state index in [9.17, 15) is 4.39 Å². The van der Waals surface area contributed by atoms with Crippen molar-refractivity contribution in [1.29, 1.82) is 0 Å². The van der Waals surface area contributed by atoms with Gasteiger partial charge in [-0.05, 0) is 36.2 Å². The zero-order valence-electron chi connectivity index (χ0n) is 10.0. The largest absolute Gasteiger partial charge is 0.329 e. The van der Waals surface area contributed by atoms with E-state index in [4.69, 9.17) is 0 Å². The Morgan fingerprint density at radius 1 is 1.12 bits per heavy atom. The van der Waals surface area contributed by atoms with E-state index in [0.717, 1.165) is 12.1 Å². The van der Waals surface area contributed by atoms with E-state index in [0.29, 0.717) is 5.82 Å². The van der Waals surface area contributed by atoms with Gasteiger partial charge in [0.15, 0.2) is 0 Å². The summed E-state index contributed by atoms with van der Waals surface area (Å²) in [5.41, 5.74) is 2.29. The minimum Gasteiger partial charge on any atom is -0.329 e. The summed E-state index contributed by atoms with van der Waals surface area (Å²) < 4.78 is 13.0. The van der Waals surface area contributed by atoms with E-state index in [-0.39, 0.29) is 0 Å². The van der Waals surface area contributed by atoms with E-state index in [1.807, 2.05) is 24.1 Å². The van der Waals surface area contributed by atoms with E-state index in [1.54, 1.807) is 12.1 Å². The van der Waals surface area contributed by atoms with Crippen LogP contribution in [0.1, 0.15) is 12.5 Å². The maximum Gasteiger partial charge on any atom is 0.214 e. The fraction of sp³-hybridized carbons (Fsp3) is 0.214. The maximum atomic E-state index is 13.0. The lowest BCUT2D eigenvalue weighted by atomic mass is 10.1. The number of halogens is 1. The molecule has 0 atom stereocenters. The number of aromatic nitrogens is 1. The third kappa shape index (κ3) is 2.61. The third-order valence-corrected chi connectivity index (χ3v) is 2.78. The van der Waals surface area contributed by atoms with Crippen LogP contribution < -0.4 is 4.90 Å². The van der Waals surface area contributed by atoms with Crippen molar-refractivity contribution in [3.63, 3.8) is 0 Å². The summed E-state index contributed by atoms with van der Waals surface area (Å²) in [6.45, 7) is 2.12. The van der Waals surface area contributed by atoms with Crippen LogP contribution in [0, 0.1) is 5.95 Å². The molecule has 0 saturated carbocycles. The molecule has 2 aromatic rings. The number of hydrogen-bond acceptors (Lipinski definition) is 2. The van der Waals surface area contributed by atoms with E-state index in [1.165, 1.54) is 11.6 Å². The van der Waals surface area contributed by atoms with Gasteiger partial charge in [-0.3, -0.25) is 0 Å². The minimum absolute atomic E-state index is 0.459. The SMILES string of the molecule is CCc1ccc(N(C)c2cccc(F)n2)cc1. The maximum absolute atomic E-state index is 13.0. The summed E-state index contributed by atoms with van der Waals surface area (Å²) in [6, 6.07) is 13.0. The molecule has 17 heavy (non-hydrogen) atoms. The molecule has 0 aliphatic carbocycles. The highest BCUT2D eigenvalue weighted by atomic mass is 19.1. The summed E-state index contributed by atoms with van der Waals surface area (Å²) in [6.07, 6.45) is 1.02. The Morgan fingerprint density at radius 3 is 2.41 bits per heavy atom. The molecule has 0 aliphatic heterocycles. The van der Waals surface area contributed by atoms with Crippen molar-refractivity contribution < 1.29 is 4.39 Å². The molecule has 0 bridgehead atoms. The first-order chi connectivity index (χ1) is 8.20. The molecule has 0 saturated heterocycles. The molecule has 1 aromatic heterocycles. The van der Waals surface area contributed by atoms with Crippen molar-refractivity contribution >= 4 is 11.5 Å². The minimum atomic E-state index is -0.459. The number of rotatable bonds is 3. The Morgan fingerprint density at radius 2 is 1.82 bits per heavy atom. The van der Waals surface area contributed by atoms with E-state index in [2.05, 4.69) is 24.0 Å². The number of aryl methyl sites for hydroxylation is 1. The summed E-state index contributed by atoms with van der Waals surface area (Å²) in [5, 5.41) is 0. The van der Waals surface area contributed by atoms with Crippen molar-refractivity contribution in [2.24, 2.45) is 0 Å². The zero-order chi connectivity index (χ0) is 12.3. The van der Waals surface area contributed by atoms with Gasteiger partial charge >= 0.3 is 0 Å². The van der Waals surface area contributed by atoms with Gasteiger partial charge in [0, 0.05) is 12.7 Å². The quantitative estimate of drug-likeness (QED) is 0.749. The molecule has 3 heteroatoms. The number of anilines is 2. The van der Waals surface area contributed by atoms with Crippen LogP contribution in [0.15, 0.2) is 42.5 Å². The molecule has 0 aliphatic rings. The first-order valence-corrected chi connectivity index (χ1v) is 5.66. The average molecular weight is 230 g/mol. The van der Waals surface area contributed by atoms with Gasteiger partial charge < -0.3 is 4.90 Å². The topological polar surface area (TPSA) is 16.1 Å². The van der Waals surface area contributed by atoms with Crippen LogP contribution in [0.25, 0.3) is 0 Å². The predicted molar refractivity (Wildman–Crippen MR) is 68.1 cm³/mol. The standard InChI is InChI=1S/C14H15FN2/c1-3-11-7-9-12(10-8-11)17(2)14-6-4-5-13(15)16-14/h4-10H,3H2,1-2H3. The molecule has 0 N–H and O–H groups in total. The van der Waals surface area contributed by atoms with Crippen LogP contribution in [0.2, 0.25) is 0 Å². The molecule has 2 nitrogen and oxygen atoms in total. The van der Waals surface area contributed by atoms with Gasteiger partial charge in [0.05, 0.1) is 0 Å². The normalized spacial score (nSPS) is 10.3. The Kier molecular flexibility index (Phi) is 3.38. The summed E-state index contributed by atoms with van der Waals surface area (Å²) >= 11 is 0. The molecule has 88 valence electrons. The first-order valence-electron chi connectivity index (χ1n) is 5.66. The Bertz CT molecular complexity index is 494. The van der Waals surface area contributed by atoms with Crippen LogP contribution in [-0.4, -0.2) is 12.0 Å². The molecule has 0 spiro atoms. The molecule has 0 radical (unpaired) electrons. The molecule has 0 unspecified atom stereocenters. The monoisotopic (exact) mass is 230 g/mol. The van der Waals surface area contributed by atoms with Crippen molar-refractivity contribution in [1.82, 2.24) is 4.98 Å². The highest BCUT2D eigenvalue weighted by Gasteiger charge is 2.05. The van der Waals surface area contributed by atoms with Gasteiger partial charge in [-0.1, -0.05) is 25.1 Å². The fourth-order valence-corrected chi connectivity index (χ4v) is 1.67. The predicted octanol–water partition coefficient (Wildman–Crippen LogP) is 3.55. The summed E-state index contributed by atoms with van der Waals surface area (Å²) in [7, 11) is 1.88. The molecular weight excluding hydrogens is 215 g/mol. The first kappa shape index (κ1) is 11.6. The van der Waals surface area contributed by atoms with E-state index < -0.39 is 5.95 Å². The highest BCUT2D eigenvalue weighted by Crippen LogP contribution is 2.21. The second kappa shape index (κ2) is 4.95. The van der Waals surface area contributed by atoms with Crippen LogP contribution in [0.4, 0.5) is 15.9 Å². The van der Waals surface area contributed by atoms with Gasteiger partial charge in [0.1, 0.15) is 5.82 Å². The Hall–Kier alpha value is -1.90. The van der Waals surface area contributed by atoms with Crippen LogP contribution in [0.5, 0.6) is 0 Å². The van der Waals surface area contributed by atoms with Crippen molar-refractivity contribution in [2.45, 2.75) is 13.3 Å². The van der Waals surface area contributed by atoms with Gasteiger partial charge in [-0.2, -0.15) is 4.39 Å². The van der Waals surface area contributed by atoms with Crippen LogP contribution in [0.3, 0.4) is 0 Å². The van der Waals surface area contributed by atoms with E-state index >= 15 is 0 Å². The number of hydrogen-bond donors (Lipinski definition) is 0. The van der Waals surface area contributed by atoms with Crippen molar-refractivity contribution in [3.05, 3.63) is 54.0 Å². The van der Waals surface area contributed by atoms with Gasteiger partial charge in [-0.15, -0.1) is 0 Å². The smallest absolute Gasteiger partial charge is 0.214 e. The zero-order valence-corrected chi connectivity index (χ0v) is 10.0.